The third-order valence-corrected chi connectivity index (χ3v) is 4.57. The second-order valence-electron chi connectivity index (χ2n) is 7.92. The molecule has 0 saturated heterocycles. The van der Waals surface area contributed by atoms with Crippen LogP contribution in [0.5, 0.6) is 0 Å². The highest BCUT2D eigenvalue weighted by Crippen LogP contribution is 2.20. The Balaban J connectivity index is 1.65. The summed E-state index contributed by atoms with van der Waals surface area (Å²) < 4.78 is 0. The maximum absolute atomic E-state index is 12.2. The molecule has 2 aromatic rings. The first-order valence-electron chi connectivity index (χ1n) is 9.69. The summed E-state index contributed by atoms with van der Waals surface area (Å²) in [5.41, 5.74) is 2.29. The number of carbonyl (C=O) groups is 2. The molecule has 3 amide bonds. The van der Waals surface area contributed by atoms with Gasteiger partial charge in [-0.15, -0.1) is 0 Å². The van der Waals surface area contributed by atoms with E-state index in [9.17, 15) is 9.59 Å². The van der Waals surface area contributed by atoms with Gasteiger partial charge in [-0.25, -0.2) is 4.79 Å². The van der Waals surface area contributed by atoms with Crippen LogP contribution in [-0.4, -0.2) is 37.0 Å². The van der Waals surface area contributed by atoms with Crippen LogP contribution >= 0.6 is 0 Å². The molecule has 0 saturated carbocycles. The number of hydrogen-bond donors (Lipinski definition) is 2. The molecule has 5 heteroatoms. The highest BCUT2D eigenvalue weighted by molar-refractivity contribution is 5.78. The van der Waals surface area contributed by atoms with Crippen LogP contribution < -0.4 is 10.6 Å². The number of rotatable bonds is 9. The van der Waals surface area contributed by atoms with Crippen molar-refractivity contribution in [1.29, 1.82) is 0 Å². The van der Waals surface area contributed by atoms with Gasteiger partial charge in [-0.1, -0.05) is 74.5 Å². The van der Waals surface area contributed by atoms with Crippen molar-refractivity contribution in [2.75, 3.05) is 20.1 Å². The van der Waals surface area contributed by atoms with E-state index in [1.807, 2.05) is 48.5 Å². The molecular formula is C23H31N3O2. The van der Waals surface area contributed by atoms with Crippen LogP contribution in [0, 0.1) is 5.41 Å². The van der Waals surface area contributed by atoms with Crippen molar-refractivity contribution in [3.05, 3.63) is 71.8 Å². The lowest BCUT2D eigenvalue weighted by Gasteiger charge is -2.25. The van der Waals surface area contributed by atoms with E-state index in [2.05, 4.69) is 36.6 Å². The van der Waals surface area contributed by atoms with Crippen LogP contribution in [0.3, 0.4) is 0 Å². The van der Waals surface area contributed by atoms with E-state index in [0.29, 0.717) is 19.6 Å². The first kappa shape index (κ1) is 21.5. The van der Waals surface area contributed by atoms with Crippen LogP contribution in [0.15, 0.2) is 60.7 Å². The predicted molar refractivity (Wildman–Crippen MR) is 113 cm³/mol. The quantitative estimate of drug-likeness (QED) is 0.697. The first-order valence-corrected chi connectivity index (χ1v) is 9.69. The second kappa shape index (κ2) is 10.5. The topological polar surface area (TPSA) is 61.4 Å². The zero-order chi connectivity index (χ0) is 20.4. The number of hydrogen-bond acceptors (Lipinski definition) is 2. The Bertz CT molecular complexity index is 745. The van der Waals surface area contributed by atoms with Crippen LogP contribution in [-0.2, 0) is 17.8 Å². The van der Waals surface area contributed by atoms with Crippen molar-refractivity contribution >= 4 is 11.9 Å². The number of urea groups is 1. The van der Waals surface area contributed by atoms with Crippen molar-refractivity contribution < 1.29 is 9.59 Å². The summed E-state index contributed by atoms with van der Waals surface area (Å²) in [4.78, 5) is 25.9. The predicted octanol–water partition coefficient (Wildman–Crippen LogP) is 3.60. The van der Waals surface area contributed by atoms with Gasteiger partial charge in [0, 0.05) is 33.1 Å². The second-order valence-corrected chi connectivity index (χ2v) is 7.92. The average molecular weight is 382 g/mol. The van der Waals surface area contributed by atoms with Crippen molar-refractivity contribution in [1.82, 2.24) is 15.5 Å². The molecule has 5 nitrogen and oxygen atoms in total. The van der Waals surface area contributed by atoms with Crippen LogP contribution in [0.4, 0.5) is 4.79 Å². The van der Waals surface area contributed by atoms with Gasteiger partial charge in [0.1, 0.15) is 0 Å². The average Bonchev–Trinajstić information content (AvgIpc) is 2.67. The molecule has 0 unspecified atom stereocenters. The minimum Gasteiger partial charge on any atom is -0.341 e. The highest BCUT2D eigenvalue weighted by Gasteiger charge is 2.19. The molecule has 0 spiro atoms. The van der Waals surface area contributed by atoms with E-state index in [-0.39, 0.29) is 23.8 Å². The van der Waals surface area contributed by atoms with E-state index in [1.165, 1.54) is 5.56 Å². The molecule has 0 bridgehead atoms. The molecule has 0 aliphatic rings. The molecule has 0 fully saturated rings. The zero-order valence-electron chi connectivity index (χ0n) is 17.1. The van der Waals surface area contributed by atoms with E-state index >= 15 is 0 Å². The van der Waals surface area contributed by atoms with Gasteiger partial charge in [-0.2, -0.15) is 0 Å². The van der Waals surface area contributed by atoms with Gasteiger partial charge >= 0.3 is 6.03 Å². The Hall–Kier alpha value is -2.82. The molecule has 2 N–H and O–H groups in total. The maximum Gasteiger partial charge on any atom is 0.314 e. The molecule has 0 aliphatic heterocycles. The monoisotopic (exact) mass is 381 g/mol. The highest BCUT2D eigenvalue weighted by atomic mass is 16.2. The smallest absolute Gasteiger partial charge is 0.314 e. The van der Waals surface area contributed by atoms with Crippen molar-refractivity contribution in [2.45, 2.75) is 33.2 Å². The lowest BCUT2D eigenvalue weighted by molar-refractivity contribution is -0.130. The minimum atomic E-state index is -0.236. The van der Waals surface area contributed by atoms with Gasteiger partial charge in [0.2, 0.25) is 5.91 Å². The standard InChI is InChI=1S/C23H31N3O2/c1-23(2,16-19-10-6-4-7-11-19)18-25-22(28)24-15-14-21(27)26(3)17-20-12-8-5-9-13-20/h4-13H,14-18H2,1-3H3,(H2,24,25,28). The van der Waals surface area contributed by atoms with Crippen LogP contribution in [0.25, 0.3) is 0 Å². The molecule has 0 atom stereocenters. The van der Waals surface area contributed by atoms with Crippen LogP contribution in [0.1, 0.15) is 31.4 Å². The SMILES string of the molecule is CN(Cc1ccccc1)C(=O)CCNC(=O)NCC(C)(C)Cc1ccccc1. The Morgan fingerprint density at radius 2 is 1.46 bits per heavy atom. The molecular weight excluding hydrogens is 350 g/mol. The lowest BCUT2D eigenvalue weighted by Crippen LogP contribution is -2.42. The molecule has 28 heavy (non-hydrogen) atoms. The summed E-state index contributed by atoms with van der Waals surface area (Å²) in [6.07, 6.45) is 1.17. The number of nitrogens with one attached hydrogen (secondary N) is 2. The van der Waals surface area contributed by atoms with E-state index in [4.69, 9.17) is 0 Å². The van der Waals surface area contributed by atoms with Crippen molar-refractivity contribution in [3.63, 3.8) is 0 Å². The molecule has 0 aliphatic carbocycles. The zero-order valence-corrected chi connectivity index (χ0v) is 17.1. The molecule has 150 valence electrons. The van der Waals surface area contributed by atoms with E-state index in [0.717, 1.165) is 12.0 Å². The largest absolute Gasteiger partial charge is 0.341 e. The molecule has 2 rings (SSSR count). The fourth-order valence-corrected chi connectivity index (χ4v) is 3.01. The summed E-state index contributed by atoms with van der Waals surface area (Å²) in [5.74, 6) is 0.00793. The molecule has 0 radical (unpaired) electrons. The first-order chi connectivity index (χ1) is 13.4. The Morgan fingerprint density at radius 3 is 2.07 bits per heavy atom. The number of amides is 3. The normalized spacial score (nSPS) is 11.0. The lowest BCUT2D eigenvalue weighted by atomic mass is 9.86. The summed E-state index contributed by atoms with van der Waals surface area (Å²) >= 11 is 0. The maximum atomic E-state index is 12.2. The van der Waals surface area contributed by atoms with Crippen molar-refractivity contribution in [2.24, 2.45) is 5.41 Å². The number of carbonyl (C=O) groups excluding carboxylic acids is 2. The number of benzene rings is 2. The third-order valence-electron chi connectivity index (χ3n) is 4.57. The van der Waals surface area contributed by atoms with Gasteiger partial charge in [-0.05, 0) is 23.0 Å². The van der Waals surface area contributed by atoms with Crippen molar-refractivity contribution in [3.8, 4) is 0 Å². The summed E-state index contributed by atoms with van der Waals surface area (Å²) in [6.45, 7) is 5.71. The van der Waals surface area contributed by atoms with Gasteiger partial charge in [0.25, 0.3) is 0 Å². The molecule has 0 heterocycles. The fourth-order valence-electron chi connectivity index (χ4n) is 3.01. The number of nitrogens with zero attached hydrogens (tertiary/aromatic N) is 1. The van der Waals surface area contributed by atoms with E-state index < -0.39 is 0 Å². The summed E-state index contributed by atoms with van der Waals surface area (Å²) in [5, 5.41) is 5.68. The summed E-state index contributed by atoms with van der Waals surface area (Å²) in [6, 6.07) is 19.9. The Morgan fingerprint density at radius 1 is 0.893 bits per heavy atom. The minimum absolute atomic E-state index is 0.00793. The van der Waals surface area contributed by atoms with Gasteiger partial charge in [0.15, 0.2) is 0 Å². The third kappa shape index (κ3) is 7.82. The van der Waals surface area contributed by atoms with Gasteiger partial charge in [0.05, 0.1) is 0 Å². The molecule has 0 aromatic heterocycles. The Kier molecular flexibility index (Phi) is 8.05. The Labute approximate surface area is 168 Å². The van der Waals surface area contributed by atoms with E-state index in [1.54, 1.807) is 11.9 Å². The van der Waals surface area contributed by atoms with Gasteiger partial charge < -0.3 is 15.5 Å². The fraction of sp³-hybridized carbons (Fsp3) is 0.391. The molecule has 2 aromatic carbocycles. The van der Waals surface area contributed by atoms with Gasteiger partial charge in [-0.3, -0.25) is 4.79 Å². The van der Waals surface area contributed by atoms with Crippen LogP contribution in [0.2, 0.25) is 0 Å². The summed E-state index contributed by atoms with van der Waals surface area (Å²) in [7, 11) is 1.78.